The first kappa shape index (κ1) is 14.2. The zero-order valence-electron chi connectivity index (χ0n) is 12.8. The predicted octanol–water partition coefficient (Wildman–Crippen LogP) is 2.10. The number of amides is 1. The number of carbonyl (C=O) groups is 1. The molecule has 0 aliphatic heterocycles. The first-order valence-electron chi connectivity index (χ1n) is 6.93. The Labute approximate surface area is 126 Å². The van der Waals surface area contributed by atoms with Gasteiger partial charge in [-0.05, 0) is 19.1 Å². The summed E-state index contributed by atoms with van der Waals surface area (Å²) in [5.41, 5.74) is 1.88. The Kier molecular flexibility index (Phi) is 3.36. The van der Waals surface area contributed by atoms with Crippen molar-refractivity contribution in [3.8, 4) is 0 Å². The summed E-state index contributed by atoms with van der Waals surface area (Å²) in [5, 5.41) is 18.3. The molecule has 114 valence electrons. The Bertz CT molecular complexity index is 848. The second kappa shape index (κ2) is 5.21. The molecule has 3 aromatic rings. The SMILES string of the molecule is Cc1nnc(NC(=O)c2ccc(C)n3c(C(C)C)nnc23)o1. The summed E-state index contributed by atoms with van der Waals surface area (Å²) in [6.45, 7) is 7.67. The lowest BCUT2D eigenvalue weighted by molar-refractivity contribution is 0.102. The molecule has 8 nitrogen and oxygen atoms in total. The third-order valence-electron chi connectivity index (χ3n) is 3.28. The van der Waals surface area contributed by atoms with Crippen LogP contribution in [0.1, 0.15) is 47.5 Å². The van der Waals surface area contributed by atoms with Gasteiger partial charge in [0.1, 0.15) is 5.82 Å². The molecular weight excluding hydrogens is 284 g/mol. The fourth-order valence-corrected chi connectivity index (χ4v) is 2.23. The molecule has 1 amide bonds. The van der Waals surface area contributed by atoms with Gasteiger partial charge in [-0.3, -0.25) is 14.5 Å². The molecule has 0 saturated carbocycles. The summed E-state index contributed by atoms with van der Waals surface area (Å²) in [4.78, 5) is 12.4. The summed E-state index contributed by atoms with van der Waals surface area (Å²) in [7, 11) is 0. The number of aromatic nitrogens is 5. The van der Waals surface area contributed by atoms with Crippen LogP contribution in [0.2, 0.25) is 0 Å². The highest BCUT2D eigenvalue weighted by molar-refractivity contribution is 6.07. The highest BCUT2D eigenvalue weighted by Crippen LogP contribution is 2.19. The molecule has 0 radical (unpaired) electrons. The Morgan fingerprint density at radius 1 is 1.18 bits per heavy atom. The third kappa shape index (κ3) is 2.32. The van der Waals surface area contributed by atoms with E-state index in [-0.39, 0.29) is 17.8 Å². The van der Waals surface area contributed by atoms with Crippen LogP contribution in [0.25, 0.3) is 5.65 Å². The van der Waals surface area contributed by atoms with Crippen LogP contribution in [0.3, 0.4) is 0 Å². The zero-order valence-corrected chi connectivity index (χ0v) is 12.8. The van der Waals surface area contributed by atoms with E-state index in [9.17, 15) is 4.79 Å². The molecule has 0 fully saturated rings. The summed E-state index contributed by atoms with van der Waals surface area (Å²) in [6, 6.07) is 3.63. The van der Waals surface area contributed by atoms with Crippen LogP contribution < -0.4 is 5.32 Å². The van der Waals surface area contributed by atoms with Gasteiger partial charge in [0.15, 0.2) is 5.65 Å². The molecular formula is C14H16N6O2. The quantitative estimate of drug-likeness (QED) is 0.795. The molecule has 3 aromatic heterocycles. The average Bonchev–Trinajstić information content (AvgIpc) is 3.06. The standard InChI is InChI=1S/C14H16N6O2/c1-7(2)11-17-18-12-10(6-5-8(3)20(11)12)13(21)15-14-19-16-9(4)22-14/h5-7H,1-4H3,(H,15,19,21). The number of nitrogens with zero attached hydrogens (tertiary/aromatic N) is 5. The Balaban J connectivity index is 2.04. The first-order valence-corrected chi connectivity index (χ1v) is 6.93. The summed E-state index contributed by atoms with van der Waals surface area (Å²) in [5.74, 6) is 1.03. The summed E-state index contributed by atoms with van der Waals surface area (Å²) < 4.78 is 7.05. The van der Waals surface area contributed by atoms with Crippen molar-refractivity contribution in [1.29, 1.82) is 0 Å². The lowest BCUT2D eigenvalue weighted by Gasteiger charge is -2.08. The number of fused-ring (bicyclic) bond motifs is 1. The maximum Gasteiger partial charge on any atom is 0.322 e. The van der Waals surface area contributed by atoms with Crippen molar-refractivity contribution in [2.75, 3.05) is 5.32 Å². The van der Waals surface area contributed by atoms with E-state index < -0.39 is 0 Å². The minimum Gasteiger partial charge on any atom is -0.408 e. The molecule has 0 saturated heterocycles. The fraction of sp³-hybridized carbons (Fsp3) is 0.357. The van der Waals surface area contributed by atoms with Gasteiger partial charge in [0.05, 0.1) is 5.56 Å². The van der Waals surface area contributed by atoms with Crippen molar-refractivity contribution in [3.63, 3.8) is 0 Å². The van der Waals surface area contributed by atoms with Crippen molar-refractivity contribution in [2.45, 2.75) is 33.6 Å². The molecule has 0 unspecified atom stereocenters. The maximum absolute atomic E-state index is 12.4. The van der Waals surface area contributed by atoms with E-state index in [1.54, 1.807) is 13.0 Å². The number of pyridine rings is 1. The molecule has 3 heterocycles. The fourth-order valence-electron chi connectivity index (χ4n) is 2.23. The number of rotatable bonds is 3. The molecule has 1 N–H and O–H groups in total. The Morgan fingerprint density at radius 2 is 1.95 bits per heavy atom. The Morgan fingerprint density at radius 3 is 2.59 bits per heavy atom. The zero-order chi connectivity index (χ0) is 15.9. The van der Waals surface area contributed by atoms with Crippen LogP contribution >= 0.6 is 0 Å². The first-order chi connectivity index (χ1) is 10.5. The summed E-state index contributed by atoms with van der Waals surface area (Å²) in [6.07, 6.45) is 0. The highest BCUT2D eigenvalue weighted by atomic mass is 16.4. The van der Waals surface area contributed by atoms with Crippen molar-refractivity contribution in [2.24, 2.45) is 0 Å². The molecule has 0 aliphatic rings. The van der Waals surface area contributed by atoms with Crippen molar-refractivity contribution < 1.29 is 9.21 Å². The third-order valence-corrected chi connectivity index (χ3v) is 3.28. The number of hydrogen-bond donors (Lipinski definition) is 1. The lowest BCUT2D eigenvalue weighted by atomic mass is 10.2. The van der Waals surface area contributed by atoms with Crippen LogP contribution in [0.4, 0.5) is 6.01 Å². The van der Waals surface area contributed by atoms with E-state index in [1.807, 2.05) is 31.2 Å². The lowest BCUT2D eigenvalue weighted by Crippen LogP contribution is -2.14. The van der Waals surface area contributed by atoms with Gasteiger partial charge in [0.25, 0.3) is 5.91 Å². The van der Waals surface area contributed by atoms with Gasteiger partial charge < -0.3 is 4.42 Å². The monoisotopic (exact) mass is 300 g/mol. The van der Waals surface area contributed by atoms with E-state index in [0.29, 0.717) is 17.1 Å². The predicted molar refractivity (Wildman–Crippen MR) is 78.8 cm³/mol. The minimum atomic E-state index is -0.364. The van der Waals surface area contributed by atoms with Gasteiger partial charge in [0.2, 0.25) is 5.89 Å². The molecule has 3 rings (SSSR count). The molecule has 0 bridgehead atoms. The molecule has 8 heteroatoms. The second-order valence-corrected chi connectivity index (χ2v) is 5.34. The van der Waals surface area contributed by atoms with E-state index >= 15 is 0 Å². The van der Waals surface area contributed by atoms with Gasteiger partial charge in [-0.25, -0.2) is 0 Å². The van der Waals surface area contributed by atoms with E-state index in [1.165, 1.54) is 0 Å². The van der Waals surface area contributed by atoms with E-state index in [0.717, 1.165) is 11.5 Å². The van der Waals surface area contributed by atoms with Crippen LogP contribution in [0, 0.1) is 13.8 Å². The van der Waals surface area contributed by atoms with Gasteiger partial charge >= 0.3 is 6.01 Å². The number of anilines is 1. The van der Waals surface area contributed by atoms with E-state index in [2.05, 4.69) is 25.7 Å². The smallest absolute Gasteiger partial charge is 0.322 e. The molecule has 0 aromatic carbocycles. The molecule has 0 atom stereocenters. The van der Waals surface area contributed by atoms with Crippen molar-refractivity contribution in [1.82, 2.24) is 24.8 Å². The highest BCUT2D eigenvalue weighted by Gasteiger charge is 2.19. The molecule has 0 spiro atoms. The molecule has 0 aliphatic carbocycles. The number of aryl methyl sites for hydroxylation is 2. The second-order valence-electron chi connectivity index (χ2n) is 5.34. The number of carbonyl (C=O) groups excluding carboxylic acids is 1. The maximum atomic E-state index is 12.4. The Hall–Kier alpha value is -2.77. The van der Waals surface area contributed by atoms with Crippen molar-refractivity contribution in [3.05, 3.63) is 35.1 Å². The van der Waals surface area contributed by atoms with Crippen molar-refractivity contribution >= 4 is 17.6 Å². The number of hydrogen-bond acceptors (Lipinski definition) is 6. The van der Waals surface area contributed by atoms with Crippen LogP contribution in [0.5, 0.6) is 0 Å². The number of nitrogens with one attached hydrogen (secondary N) is 1. The topological polar surface area (TPSA) is 98.2 Å². The van der Waals surface area contributed by atoms with Gasteiger partial charge in [0, 0.05) is 18.5 Å². The van der Waals surface area contributed by atoms with Gasteiger partial charge in [-0.2, -0.15) is 0 Å². The molecule has 22 heavy (non-hydrogen) atoms. The minimum absolute atomic E-state index is 0.0600. The van der Waals surface area contributed by atoms with Crippen LogP contribution in [-0.2, 0) is 0 Å². The van der Waals surface area contributed by atoms with Crippen LogP contribution in [0.15, 0.2) is 16.5 Å². The normalized spacial score (nSPS) is 11.3. The van der Waals surface area contributed by atoms with Gasteiger partial charge in [-0.15, -0.1) is 15.3 Å². The average molecular weight is 300 g/mol. The van der Waals surface area contributed by atoms with E-state index in [4.69, 9.17) is 4.42 Å². The van der Waals surface area contributed by atoms with Crippen LogP contribution in [-0.4, -0.2) is 30.7 Å². The largest absolute Gasteiger partial charge is 0.408 e. The summed E-state index contributed by atoms with van der Waals surface area (Å²) >= 11 is 0. The van der Waals surface area contributed by atoms with Gasteiger partial charge in [-0.1, -0.05) is 18.9 Å².